The topological polar surface area (TPSA) is 17.1 Å². The van der Waals surface area contributed by atoms with Crippen LogP contribution in [0.4, 0.5) is 0 Å². The van der Waals surface area contributed by atoms with Crippen molar-refractivity contribution in [1.82, 2.24) is 0 Å². The third kappa shape index (κ3) is 2.14. The lowest BCUT2D eigenvalue weighted by molar-refractivity contribution is -0.122. The molecule has 3 fully saturated rings. The Morgan fingerprint density at radius 1 is 1.09 bits per heavy atom. The molecule has 0 amide bonds. The van der Waals surface area contributed by atoms with Crippen molar-refractivity contribution in [2.24, 2.45) is 28.6 Å². The first kappa shape index (κ1) is 15.7. The second-order valence-electron chi connectivity index (χ2n) is 9.14. The number of carbonyl (C=O) groups is 1. The molecule has 4 aliphatic carbocycles. The molecule has 1 heteroatoms. The predicted octanol–water partition coefficient (Wildman–Crippen LogP) is 5.85. The maximum atomic E-state index is 11.9. The number of ketones is 1. The Balaban J connectivity index is 1.70. The molecule has 0 aromatic rings. The third-order valence-electron chi connectivity index (χ3n) is 8.37. The van der Waals surface area contributed by atoms with Gasteiger partial charge in [0.05, 0.1) is 0 Å². The molecule has 23 heavy (non-hydrogen) atoms. The van der Waals surface area contributed by atoms with Crippen LogP contribution in [0.3, 0.4) is 0 Å². The first-order valence-electron chi connectivity index (χ1n) is 9.86. The molecule has 0 aliphatic heterocycles. The van der Waals surface area contributed by atoms with E-state index in [9.17, 15) is 4.79 Å². The van der Waals surface area contributed by atoms with Crippen LogP contribution in [-0.2, 0) is 4.79 Å². The van der Waals surface area contributed by atoms with Crippen LogP contribution in [-0.4, -0.2) is 5.78 Å². The molecule has 4 rings (SSSR count). The highest BCUT2D eigenvalue weighted by Crippen LogP contribution is 2.64. The van der Waals surface area contributed by atoms with Gasteiger partial charge in [0.15, 0.2) is 0 Å². The summed E-state index contributed by atoms with van der Waals surface area (Å²) in [6.45, 7) is 7.31. The molecule has 1 nitrogen and oxygen atoms in total. The number of carbonyl (C=O) groups excluding carboxylic acids is 1. The van der Waals surface area contributed by atoms with Gasteiger partial charge in [0.2, 0.25) is 0 Å². The van der Waals surface area contributed by atoms with Gasteiger partial charge in [0, 0.05) is 12.8 Å². The molecule has 0 heterocycles. The van der Waals surface area contributed by atoms with E-state index in [4.69, 9.17) is 0 Å². The molecular weight excluding hydrogens is 280 g/mol. The van der Waals surface area contributed by atoms with Crippen molar-refractivity contribution in [2.75, 3.05) is 0 Å². The van der Waals surface area contributed by atoms with Gasteiger partial charge in [0.1, 0.15) is 5.78 Å². The molecule has 0 spiro atoms. The Morgan fingerprint density at radius 3 is 2.65 bits per heavy atom. The van der Waals surface area contributed by atoms with E-state index < -0.39 is 0 Å². The van der Waals surface area contributed by atoms with Crippen LogP contribution in [0.1, 0.15) is 78.6 Å². The molecule has 0 aromatic carbocycles. The lowest BCUT2D eigenvalue weighted by Crippen LogP contribution is -2.51. The number of rotatable bonds is 0. The largest absolute Gasteiger partial charge is 0.299 e. The van der Waals surface area contributed by atoms with E-state index in [0.29, 0.717) is 16.6 Å². The standard InChI is InChI=1S/C22H32O/c1-4-15-6-5-7-19-18-9-8-16-14-17(23)10-12-22(16,3)20(18)11-13-21(15,19)2/h4,8,18-20H,5-7,9-14H2,1-3H3/b15-4-/t18?,19?,20?,21-,22+/m1/s1. The van der Waals surface area contributed by atoms with Gasteiger partial charge in [0.25, 0.3) is 0 Å². The molecule has 5 atom stereocenters. The van der Waals surface area contributed by atoms with Gasteiger partial charge < -0.3 is 0 Å². The van der Waals surface area contributed by atoms with Gasteiger partial charge in [-0.05, 0) is 80.5 Å². The molecule has 4 aliphatic rings. The van der Waals surface area contributed by atoms with Gasteiger partial charge in [-0.2, -0.15) is 0 Å². The summed E-state index contributed by atoms with van der Waals surface area (Å²) in [5.74, 6) is 3.02. The molecule has 0 bridgehead atoms. The molecule has 0 N–H and O–H groups in total. The zero-order valence-corrected chi connectivity index (χ0v) is 15.2. The third-order valence-corrected chi connectivity index (χ3v) is 8.37. The summed E-state index contributed by atoms with van der Waals surface area (Å²) in [7, 11) is 0. The number of fused-ring (bicyclic) bond motifs is 5. The average Bonchev–Trinajstić information content (AvgIpc) is 2.54. The molecule has 0 aromatic heterocycles. The minimum absolute atomic E-state index is 0.325. The fourth-order valence-corrected chi connectivity index (χ4v) is 7.00. The molecule has 0 saturated heterocycles. The predicted molar refractivity (Wildman–Crippen MR) is 95.1 cm³/mol. The average molecular weight is 312 g/mol. The molecule has 3 unspecified atom stereocenters. The van der Waals surface area contributed by atoms with E-state index >= 15 is 0 Å². The Labute approximate surface area is 141 Å². The number of allylic oxidation sites excluding steroid dienone is 4. The zero-order valence-electron chi connectivity index (χ0n) is 15.2. The summed E-state index contributed by atoms with van der Waals surface area (Å²) in [5, 5.41) is 0. The lowest BCUT2D eigenvalue weighted by atomic mass is 9.44. The van der Waals surface area contributed by atoms with Crippen LogP contribution in [0.15, 0.2) is 23.3 Å². The fraction of sp³-hybridized carbons (Fsp3) is 0.773. The minimum Gasteiger partial charge on any atom is -0.299 e. The summed E-state index contributed by atoms with van der Waals surface area (Å²) < 4.78 is 0. The highest BCUT2D eigenvalue weighted by atomic mass is 16.1. The summed E-state index contributed by atoms with van der Waals surface area (Å²) in [6, 6.07) is 0. The number of hydrogen-bond acceptors (Lipinski definition) is 1. The Morgan fingerprint density at radius 2 is 1.87 bits per heavy atom. The SMILES string of the molecule is C/C=C1/CCCC2C3CC=C4CC(=O)CC[C@]4(C)C3CC[C@]12C. The second kappa shape index (κ2) is 5.33. The summed E-state index contributed by atoms with van der Waals surface area (Å²) in [6.07, 6.45) is 15.7. The monoisotopic (exact) mass is 312 g/mol. The van der Waals surface area contributed by atoms with Crippen molar-refractivity contribution in [3.63, 3.8) is 0 Å². The van der Waals surface area contributed by atoms with Crippen molar-refractivity contribution >= 4 is 5.78 Å². The quantitative estimate of drug-likeness (QED) is 0.512. The number of hydrogen-bond donors (Lipinski definition) is 0. The normalized spacial score (nSPS) is 48.3. The summed E-state index contributed by atoms with van der Waals surface area (Å²) in [4.78, 5) is 11.9. The second-order valence-corrected chi connectivity index (χ2v) is 9.14. The molecule has 126 valence electrons. The van der Waals surface area contributed by atoms with Crippen LogP contribution >= 0.6 is 0 Å². The summed E-state index contributed by atoms with van der Waals surface area (Å²) in [5.41, 5.74) is 4.03. The van der Waals surface area contributed by atoms with Crippen LogP contribution in [0, 0.1) is 28.6 Å². The smallest absolute Gasteiger partial charge is 0.136 e. The Kier molecular flexibility index (Phi) is 3.63. The Bertz CT molecular complexity index is 583. The van der Waals surface area contributed by atoms with Gasteiger partial charge in [-0.15, -0.1) is 0 Å². The van der Waals surface area contributed by atoms with Gasteiger partial charge >= 0.3 is 0 Å². The van der Waals surface area contributed by atoms with E-state index in [1.807, 2.05) is 0 Å². The summed E-state index contributed by atoms with van der Waals surface area (Å²) >= 11 is 0. The van der Waals surface area contributed by atoms with Crippen LogP contribution in [0.2, 0.25) is 0 Å². The highest BCUT2D eigenvalue weighted by Gasteiger charge is 2.55. The van der Waals surface area contributed by atoms with E-state index in [-0.39, 0.29) is 0 Å². The van der Waals surface area contributed by atoms with Crippen molar-refractivity contribution in [2.45, 2.75) is 78.6 Å². The van der Waals surface area contributed by atoms with Gasteiger partial charge in [-0.1, -0.05) is 37.1 Å². The maximum absolute atomic E-state index is 11.9. The van der Waals surface area contributed by atoms with Crippen molar-refractivity contribution in [3.8, 4) is 0 Å². The van der Waals surface area contributed by atoms with Crippen molar-refractivity contribution < 1.29 is 4.79 Å². The molecular formula is C22H32O. The first-order chi connectivity index (χ1) is 11.0. The van der Waals surface area contributed by atoms with Crippen molar-refractivity contribution in [3.05, 3.63) is 23.3 Å². The lowest BCUT2D eigenvalue weighted by Gasteiger charge is -2.60. The van der Waals surface area contributed by atoms with Gasteiger partial charge in [-0.3, -0.25) is 4.79 Å². The van der Waals surface area contributed by atoms with E-state index in [0.717, 1.165) is 37.0 Å². The van der Waals surface area contributed by atoms with Crippen LogP contribution in [0.5, 0.6) is 0 Å². The zero-order chi connectivity index (χ0) is 16.2. The van der Waals surface area contributed by atoms with Crippen LogP contribution in [0.25, 0.3) is 0 Å². The molecule has 0 radical (unpaired) electrons. The minimum atomic E-state index is 0.325. The van der Waals surface area contributed by atoms with E-state index in [1.54, 1.807) is 5.57 Å². The highest BCUT2D eigenvalue weighted by molar-refractivity contribution is 5.82. The first-order valence-corrected chi connectivity index (χ1v) is 9.86. The fourth-order valence-electron chi connectivity index (χ4n) is 7.00. The number of Topliss-reactive ketones (excluding diaryl/α,β-unsaturated/α-hetero) is 1. The van der Waals surface area contributed by atoms with E-state index in [2.05, 4.69) is 32.9 Å². The maximum Gasteiger partial charge on any atom is 0.136 e. The van der Waals surface area contributed by atoms with E-state index in [1.165, 1.54) is 44.1 Å². The molecule has 3 saturated carbocycles. The Hall–Kier alpha value is -0.850. The van der Waals surface area contributed by atoms with Crippen LogP contribution < -0.4 is 0 Å². The van der Waals surface area contributed by atoms with Gasteiger partial charge in [-0.25, -0.2) is 0 Å². The van der Waals surface area contributed by atoms with Crippen molar-refractivity contribution in [1.29, 1.82) is 0 Å².